The lowest BCUT2D eigenvalue weighted by Gasteiger charge is -2.30. The third-order valence-corrected chi connectivity index (χ3v) is 8.85. The van der Waals surface area contributed by atoms with Gasteiger partial charge in [-0.2, -0.15) is 0 Å². The topological polar surface area (TPSA) is 163 Å². The molecule has 1 aliphatic rings. The molecule has 0 bridgehead atoms. The fourth-order valence-electron chi connectivity index (χ4n) is 6.32. The minimum atomic E-state index is -1.07. The van der Waals surface area contributed by atoms with Crippen LogP contribution in [0.15, 0.2) is 0 Å². The van der Waals surface area contributed by atoms with Crippen LogP contribution in [0.3, 0.4) is 0 Å². The van der Waals surface area contributed by atoms with Crippen molar-refractivity contribution >= 4 is 29.7 Å². The van der Waals surface area contributed by atoms with Gasteiger partial charge in [-0.3, -0.25) is 19.2 Å². The second-order valence-electron chi connectivity index (χ2n) is 15.9. The van der Waals surface area contributed by atoms with Gasteiger partial charge in [-0.15, -0.1) is 0 Å². The quantitative estimate of drug-likeness (QED) is 0.0827. The van der Waals surface area contributed by atoms with Gasteiger partial charge >= 0.3 is 11.9 Å². The van der Waals surface area contributed by atoms with Crippen molar-refractivity contribution in [2.45, 2.75) is 182 Å². The molecule has 49 heavy (non-hydrogen) atoms. The van der Waals surface area contributed by atoms with E-state index in [0.717, 1.165) is 31.6 Å². The Balaban J connectivity index is 3.27. The zero-order valence-electron chi connectivity index (χ0n) is 31.9. The molecule has 1 aliphatic heterocycles. The first-order valence-corrected chi connectivity index (χ1v) is 19.1. The van der Waals surface area contributed by atoms with Crippen molar-refractivity contribution in [3.05, 3.63) is 0 Å². The number of rotatable bonds is 19. The molecule has 0 aromatic heterocycles. The highest BCUT2D eigenvalue weighted by Gasteiger charge is 2.32. The molecule has 0 spiro atoms. The van der Waals surface area contributed by atoms with E-state index in [1.54, 1.807) is 0 Å². The Hall–Kier alpha value is -2.69. The summed E-state index contributed by atoms with van der Waals surface area (Å²) in [5, 5.41) is 21.4. The molecule has 5 N–H and O–H groups in total. The van der Waals surface area contributed by atoms with Crippen molar-refractivity contribution in [1.82, 2.24) is 21.3 Å². The minimum absolute atomic E-state index is 0.0782. The van der Waals surface area contributed by atoms with Crippen molar-refractivity contribution < 1.29 is 33.8 Å². The number of aliphatic carboxylic acids is 1. The summed E-state index contributed by atoms with van der Waals surface area (Å²) in [4.78, 5) is 65.7. The van der Waals surface area contributed by atoms with Gasteiger partial charge in [0.25, 0.3) is 0 Å². The number of ether oxygens (including phenoxy) is 1. The number of hydrogen-bond donors (Lipinski definition) is 5. The van der Waals surface area contributed by atoms with Crippen LogP contribution in [0.4, 0.5) is 0 Å². The van der Waals surface area contributed by atoms with Crippen LogP contribution in [-0.2, 0) is 28.7 Å². The SMILES string of the molecule is CC(C)CCCCCCCCC[C@@H]1CC(=O)N[C@@H](CCC(=O)O)C(=O)N[C@@H](CC(C)C)CN[C@H](CC(C)C)C(=O)N[C@@H](CC(C)C)C(=O)O1. The molecule has 0 radical (unpaired) electrons. The Morgan fingerprint density at radius 3 is 1.80 bits per heavy atom. The molecule has 284 valence electrons. The van der Waals surface area contributed by atoms with Gasteiger partial charge in [-0.1, -0.05) is 100 Å². The summed E-state index contributed by atoms with van der Waals surface area (Å²) in [6.45, 7) is 16.8. The molecule has 11 heteroatoms. The summed E-state index contributed by atoms with van der Waals surface area (Å²) < 4.78 is 5.97. The van der Waals surface area contributed by atoms with Gasteiger partial charge in [0.15, 0.2) is 0 Å². The summed E-state index contributed by atoms with van der Waals surface area (Å²) in [7, 11) is 0. The summed E-state index contributed by atoms with van der Waals surface area (Å²) in [6, 6.07) is -2.92. The molecule has 0 unspecified atom stereocenters. The molecular weight excluding hydrogens is 624 g/mol. The second-order valence-corrected chi connectivity index (χ2v) is 15.9. The number of amides is 3. The Bertz CT molecular complexity index is 1000. The van der Waals surface area contributed by atoms with Gasteiger partial charge in [0.1, 0.15) is 18.2 Å². The Morgan fingerprint density at radius 2 is 1.22 bits per heavy atom. The smallest absolute Gasteiger partial charge is 0.328 e. The lowest BCUT2D eigenvalue weighted by Crippen LogP contribution is -2.56. The van der Waals surface area contributed by atoms with E-state index >= 15 is 0 Å². The van der Waals surface area contributed by atoms with Gasteiger partial charge in [-0.05, 0) is 62.2 Å². The molecule has 1 rings (SSSR count). The number of carboxylic acids is 1. The van der Waals surface area contributed by atoms with E-state index in [1.807, 2.05) is 41.5 Å². The van der Waals surface area contributed by atoms with Gasteiger partial charge < -0.3 is 31.1 Å². The third-order valence-electron chi connectivity index (χ3n) is 8.85. The maximum atomic E-state index is 13.7. The van der Waals surface area contributed by atoms with Crippen LogP contribution in [0.5, 0.6) is 0 Å². The predicted molar refractivity (Wildman–Crippen MR) is 194 cm³/mol. The molecule has 0 aromatic carbocycles. The van der Waals surface area contributed by atoms with E-state index in [2.05, 4.69) is 35.1 Å². The Morgan fingerprint density at radius 1 is 0.673 bits per heavy atom. The fraction of sp³-hybridized carbons (Fsp3) is 0.868. The van der Waals surface area contributed by atoms with E-state index in [4.69, 9.17) is 4.74 Å². The molecular formula is C38H70N4O7. The molecule has 1 fully saturated rings. The average molecular weight is 695 g/mol. The third kappa shape index (κ3) is 21.2. The number of carbonyl (C=O) groups excluding carboxylic acids is 4. The highest BCUT2D eigenvalue weighted by Crippen LogP contribution is 2.18. The molecule has 0 aliphatic carbocycles. The van der Waals surface area contributed by atoms with Crippen molar-refractivity contribution in [3.8, 4) is 0 Å². The van der Waals surface area contributed by atoms with Gasteiger partial charge in [0.2, 0.25) is 17.7 Å². The molecule has 11 nitrogen and oxygen atoms in total. The standard InChI is InChI=1S/C38H70N4O7/c1-25(2)16-14-12-10-9-11-13-15-17-30-23-34(43)41-31(18-19-35(44)45)36(46)40-29(20-26(3)4)24-39-32(21-27(5)6)37(47)42-33(22-28(7)8)38(48)49-30/h25-33,39H,9-24H2,1-8H3,(H,40,46)(H,41,43)(H,42,47)(H,44,45)/t29-,30+,31-,32+,33-/m0/s1. The zero-order valence-corrected chi connectivity index (χ0v) is 31.9. The molecule has 5 atom stereocenters. The second kappa shape index (κ2) is 24.5. The average Bonchev–Trinajstić information content (AvgIpc) is 2.98. The van der Waals surface area contributed by atoms with Crippen molar-refractivity contribution in [3.63, 3.8) is 0 Å². The normalized spacial score (nSPS) is 23.5. The predicted octanol–water partition coefficient (Wildman–Crippen LogP) is 5.88. The minimum Gasteiger partial charge on any atom is -0.481 e. The van der Waals surface area contributed by atoms with Gasteiger partial charge in [0.05, 0.1) is 12.5 Å². The summed E-state index contributed by atoms with van der Waals surface area (Å²) in [5.74, 6) is -1.68. The molecule has 0 saturated carbocycles. The lowest BCUT2D eigenvalue weighted by atomic mass is 9.98. The fourth-order valence-corrected chi connectivity index (χ4v) is 6.32. The molecule has 0 aromatic rings. The first-order valence-electron chi connectivity index (χ1n) is 19.1. The van der Waals surface area contributed by atoms with Crippen LogP contribution in [0.25, 0.3) is 0 Å². The highest BCUT2D eigenvalue weighted by atomic mass is 16.5. The van der Waals surface area contributed by atoms with Crippen molar-refractivity contribution in [1.29, 1.82) is 0 Å². The van der Waals surface area contributed by atoms with Crippen molar-refractivity contribution in [2.75, 3.05) is 6.54 Å². The van der Waals surface area contributed by atoms with Crippen LogP contribution >= 0.6 is 0 Å². The van der Waals surface area contributed by atoms with Crippen LogP contribution in [0.1, 0.15) is 152 Å². The number of carbonyl (C=O) groups is 5. The number of esters is 1. The van der Waals surface area contributed by atoms with Crippen LogP contribution in [0, 0.1) is 23.7 Å². The largest absolute Gasteiger partial charge is 0.481 e. The van der Waals surface area contributed by atoms with E-state index in [0.29, 0.717) is 25.7 Å². The zero-order chi connectivity index (χ0) is 36.9. The molecule has 1 heterocycles. The number of unbranched alkanes of at least 4 members (excludes halogenated alkanes) is 6. The van der Waals surface area contributed by atoms with Crippen molar-refractivity contribution in [2.24, 2.45) is 23.7 Å². The maximum Gasteiger partial charge on any atom is 0.328 e. The van der Waals surface area contributed by atoms with E-state index in [9.17, 15) is 29.1 Å². The summed E-state index contributed by atoms with van der Waals surface area (Å²) in [6.07, 6.45) is 9.50. The molecule has 3 amide bonds. The van der Waals surface area contributed by atoms with Crippen LogP contribution in [-0.4, -0.2) is 71.6 Å². The maximum absolute atomic E-state index is 13.7. The summed E-state index contributed by atoms with van der Waals surface area (Å²) in [5.41, 5.74) is 0. The lowest BCUT2D eigenvalue weighted by molar-refractivity contribution is -0.155. The first-order chi connectivity index (χ1) is 23.1. The Kier molecular flexibility index (Phi) is 22.1. The number of hydrogen-bond acceptors (Lipinski definition) is 7. The highest BCUT2D eigenvalue weighted by molar-refractivity contribution is 5.89. The van der Waals surface area contributed by atoms with E-state index in [-0.39, 0.29) is 55.5 Å². The van der Waals surface area contributed by atoms with Gasteiger partial charge in [-0.25, -0.2) is 4.79 Å². The van der Waals surface area contributed by atoms with Gasteiger partial charge in [0, 0.05) is 19.0 Å². The molecule has 1 saturated heterocycles. The number of nitrogens with one attached hydrogen (secondary N) is 4. The van der Waals surface area contributed by atoms with Crippen LogP contribution in [0.2, 0.25) is 0 Å². The monoisotopic (exact) mass is 695 g/mol. The number of cyclic esters (lactones) is 1. The van der Waals surface area contributed by atoms with E-state index in [1.165, 1.54) is 25.7 Å². The summed E-state index contributed by atoms with van der Waals surface area (Å²) >= 11 is 0. The van der Waals surface area contributed by atoms with Crippen LogP contribution < -0.4 is 21.3 Å². The first kappa shape index (κ1) is 44.3. The number of carboxylic acid groups (broad SMARTS) is 1. The Labute approximate surface area is 296 Å². The van der Waals surface area contributed by atoms with E-state index < -0.39 is 48.0 Å².